The second-order valence-electron chi connectivity index (χ2n) is 3.49. The van der Waals surface area contributed by atoms with Crippen LogP contribution >= 0.6 is 0 Å². The highest BCUT2D eigenvalue weighted by atomic mass is 16.2. The molecule has 1 rings (SSSR count). The number of hydrogen-bond acceptors (Lipinski definition) is 3. The molecule has 0 fully saturated rings. The van der Waals surface area contributed by atoms with Gasteiger partial charge in [-0.3, -0.25) is 19.1 Å². The predicted octanol–water partition coefficient (Wildman–Crippen LogP) is 0.214. The van der Waals surface area contributed by atoms with Crippen molar-refractivity contribution in [3.8, 4) is 0 Å². The first kappa shape index (κ1) is 11.4. The fourth-order valence-electron chi connectivity index (χ4n) is 1.28. The number of Topliss-reactive ketones (excluding diaryl/α,β-unsaturated/α-hetero) is 1. The molecule has 0 saturated heterocycles. The van der Waals surface area contributed by atoms with E-state index in [-0.39, 0.29) is 12.3 Å². The van der Waals surface area contributed by atoms with E-state index in [9.17, 15) is 14.4 Å². The third kappa shape index (κ3) is 2.90. The van der Waals surface area contributed by atoms with E-state index in [0.717, 1.165) is 6.42 Å². The van der Waals surface area contributed by atoms with Crippen molar-refractivity contribution < 1.29 is 4.79 Å². The number of aromatic nitrogens is 2. The summed E-state index contributed by atoms with van der Waals surface area (Å²) in [5.41, 5.74) is -0.506. The van der Waals surface area contributed by atoms with Crippen LogP contribution in [0.4, 0.5) is 0 Å². The van der Waals surface area contributed by atoms with Crippen molar-refractivity contribution in [3.05, 3.63) is 32.6 Å². The standard InChI is InChI=1S/C10H14N2O3/c1-3-4-8(13)6-12-5-7(2)9(14)11-10(12)15/h5H,3-4,6H2,1-2H3,(H,11,14,15). The monoisotopic (exact) mass is 210 g/mol. The highest BCUT2D eigenvalue weighted by Gasteiger charge is 2.05. The Morgan fingerprint density at radius 2 is 2.13 bits per heavy atom. The maximum Gasteiger partial charge on any atom is 0.328 e. The highest BCUT2D eigenvalue weighted by molar-refractivity contribution is 5.78. The van der Waals surface area contributed by atoms with Gasteiger partial charge in [-0.15, -0.1) is 0 Å². The lowest BCUT2D eigenvalue weighted by molar-refractivity contribution is -0.119. The molecule has 82 valence electrons. The number of nitrogens with one attached hydrogen (secondary N) is 1. The molecule has 0 radical (unpaired) electrons. The van der Waals surface area contributed by atoms with E-state index in [1.165, 1.54) is 10.8 Å². The molecule has 0 atom stereocenters. The number of hydrogen-bond donors (Lipinski definition) is 1. The third-order valence-electron chi connectivity index (χ3n) is 2.06. The van der Waals surface area contributed by atoms with E-state index in [4.69, 9.17) is 0 Å². The Labute approximate surface area is 86.8 Å². The van der Waals surface area contributed by atoms with Gasteiger partial charge >= 0.3 is 5.69 Å². The summed E-state index contributed by atoms with van der Waals surface area (Å²) in [6, 6.07) is 0. The van der Waals surface area contributed by atoms with Gasteiger partial charge in [-0.05, 0) is 13.3 Å². The van der Waals surface area contributed by atoms with Crippen LogP contribution in [0.15, 0.2) is 15.8 Å². The molecular formula is C10H14N2O3. The molecule has 0 unspecified atom stereocenters. The Kier molecular flexibility index (Phi) is 3.60. The van der Waals surface area contributed by atoms with Crippen molar-refractivity contribution >= 4 is 5.78 Å². The molecule has 0 saturated carbocycles. The largest absolute Gasteiger partial charge is 0.328 e. The van der Waals surface area contributed by atoms with Crippen molar-refractivity contribution in [3.63, 3.8) is 0 Å². The molecule has 0 aliphatic rings. The molecule has 15 heavy (non-hydrogen) atoms. The normalized spacial score (nSPS) is 10.3. The Balaban J connectivity index is 2.96. The lowest BCUT2D eigenvalue weighted by atomic mass is 10.2. The van der Waals surface area contributed by atoms with Gasteiger partial charge in [0.25, 0.3) is 5.56 Å². The van der Waals surface area contributed by atoms with E-state index in [2.05, 4.69) is 4.98 Å². The molecule has 0 aromatic carbocycles. The van der Waals surface area contributed by atoms with E-state index in [0.29, 0.717) is 12.0 Å². The van der Waals surface area contributed by atoms with Crippen LogP contribution in [0.1, 0.15) is 25.3 Å². The SMILES string of the molecule is CCCC(=O)Cn1cc(C)c(=O)[nH]c1=O. The van der Waals surface area contributed by atoms with Crippen LogP contribution in [0, 0.1) is 6.92 Å². The minimum Gasteiger partial charge on any atom is -0.298 e. The van der Waals surface area contributed by atoms with Crippen LogP contribution in [-0.2, 0) is 11.3 Å². The minimum atomic E-state index is -0.532. The molecular weight excluding hydrogens is 196 g/mol. The zero-order valence-corrected chi connectivity index (χ0v) is 8.87. The van der Waals surface area contributed by atoms with Crippen molar-refractivity contribution in [2.75, 3.05) is 0 Å². The maximum absolute atomic E-state index is 11.3. The topological polar surface area (TPSA) is 71.9 Å². The van der Waals surface area contributed by atoms with Gasteiger partial charge in [0, 0.05) is 18.2 Å². The van der Waals surface area contributed by atoms with Gasteiger partial charge in [-0.25, -0.2) is 4.79 Å². The van der Waals surface area contributed by atoms with Gasteiger partial charge in [0.05, 0.1) is 6.54 Å². The van der Waals surface area contributed by atoms with Gasteiger partial charge in [0.15, 0.2) is 5.78 Å². The van der Waals surface area contributed by atoms with Gasteiger partial charge < -0.3 is 0 Å². The zero-order chi connectivity index (χ0) is 11.4. The van der Waals surface area contributed by atoms with E-state index in [1.54, 1.807) is 6.92 Å². The van der Waals surface area contributed by atoms with Crippen molar-refractivity contribution in [2.45, 2.75) is 33.2 Å². The molecule has 0 spiro atoms. The van der Waals surface area contributed by atoms with Crippen molar-refractivity contribution in [2.24, 2.45) is 0 Å². The number of nitrogens with zero attached hydrogens (tertiary/aromatic N) is 1. The van der Waals surface area contributed by atoms with Gasteiger partial charge in [-0.1, -0.05) is 6.92 Å². The quantitative estimate of drug-likeness (QED) is 0.772. The number of ketones is 1. The van der Waals surface area contributed by atoms with Gasteiger partial charge in [0.2, 0.25) is 0 Å². The summed E-state index contributed by atoms with van der Waals surface area (Å²) in [6.45, 7) is 3.53. The van der Waals surface area contributed by atoms with Crippen LogP contribution in [-0.4, -0.2) is 15.3 Å². The summed E-state index contributed by atoms with van der Waals surface area (Å²) < 4.78 is 1.23. The van der Waals surface area contributed by atoms with Crippen LogP contribution < -0.4 is 11.2 Å². The Bertz CT molecular complexity index is 470. The molecule has 0 bridgehead atoms. The number of aromatic amines is 1. The summed E-state index contributed by atoms with van der Waals surface area (Å²) in [5, 5.41) is 0. The molecule has 1 heterocycles. The number of carbonyl (C=O) groups is 1. The lowest BCUT2D eigenvalue weighted by Crippen LogP contribution is -2.32. The maximum atomic E-state index is 11.3. The molecule has 0 aliphatic heterocycles. The zero-order valence-electron chi connectivity index (χ0n) is 8.87. The van der Waals surface area contributed by atoms with Crippen LogP contribution in [0.2, 0.25) is 0 Å². The van der Waals surface area contributed by atoms with Crippen LogP contribution in [0.25, 0.3) is 0 Å². The average molecular weight is 210 g/mol. The first-order valence-corrected chi connectivity index (χ1v) is 4.86. The van der Waals surface area contributed by atoms with E-state index >= 15 is 0 Å². The van der Waals surface area contributed by atoms with Crippen molar-refractivity contribution in [1.29, 1.82) is 0 Å². The second kappa shape index (κ2) is 4.72. The second-order valence-corrected chi connectivity index (χ2v) is 3.49. The van der Waals surface area contributed by atoms with E-state index in [1.807, 2.05) is 6.92 Å². The summed E-state index contributed by atoms with van der Waals surface area (Å²) in [5.74, 6) is -0.00829. The fraction of sp³-hybridized carbons (Fsp3) is 0.500. The summed E-state index contributed by atoms with van der Waals surface area (Å²) in [4.78, 5) is 35.8. The molecule has 1 N–H and O–H groups in total. The van der Waals surface area contributed by atoms with Crippen LogP contribution in [0.5, 0.6) is 0 Å². The molecule has 0 amide bonds. The van der Waals surface area contributed by atoms with E-state index < -0.39 is 11.2 Å². The molecule has 5 heteroatoms. The Morgan fingerprint density at radius 1 is 1.47 bits per heavy atom. The first-order chi connectivity index (χ1) is 7.04. The average Bonchev–Trinajstić information content (AvgIpc) is 2.14. The third-order valence-corrected chi connectivity index (χ3v) is 2.06. The molecule has 5 nitrogen and oxygen atoms in total. The lowest BCUT2D eigenvalue weighted by Gasteiger charge is -2.03. The Morgan fingerprint density at radius 3 is 2.73 bits per heavy atom. The molecule has 0 aliphatic carbocycles. The molecule has 1 aromatic heterocycles. The number of aryl methyl sites for hydroxylation is 1. The summed E-state index contributed by atoms with van der Waals surface area (Å²) in [6.07, 6.45) is 2.62. The van der Waals surface area contributed by atoms with Crippen LogP contribution in [0.3, 0.4) is 0 Å². The number of H-pyrrole nitrogens is 1. The minimum absolute atomic E-state index is 0.00829. The summed E-state index contributed by atoms with van der Waals surface area (Å²) >= 11 is 0. The number of carbonyl (C=O) groups excluding carboxylic acids is 1. The fourth-order valence-corrected chi connectivity index (χ4v) is 1.28. The highest BCUT2D eigenvalue weighted by Crippen LogP contribution is 1.92. The number of rotatable bonds is 4. The predicted molar refractivity (Wildman–Crippen MR) is 56.0 cm³/mol. The summed E-state index contributed by atoms with van der Waals surface area (Å²) in [7, 11) is 0. The van der Waals surface area contributed by atoms with Crippen molar-refractivity contribution in [1.82, 2.24) is 9.55 Å². The smallest absolute Gasteiger partial charge is 0.298 e. The van der Waals surface area contributed by atoms with Gasteiger partial charge in [0.1, 0.15) is 0 Å². The Hall–Kier alpha value is -1.65. The first-order valence-electron chi connectivity index (χ1n) is 4.86. The van der Waals surface area contributed by atoms with Gasteiger partial charge in [-0.2, -0.15) is 0 Å². The molecule has 1 aromatic rings.